The molecule has 2 aliphatic rings. The van der Waals surface area contributed by atoms with Gasteiger partial charge in [0.05, 0.1) is 0 Å². The molecule has 0 bridgehead atoms. The zero-order chi connectivity index (χ0) is 15.2. The lowest BCUT2D eigenvalue weighted by Gasteiger charge is -2.28. The molecular formula is C18H27N3O. The van der Waals surface area contributed by atoms with Gasteiger partial charge in [0.25, 0.3) is 0 Å². The fourth-order valence-corrected chi connectivity index (χ4v) is 3.94. The Kier molecular flexibility index (Phi) is 5.30. The lowest BCUT2D eigenvalue weighted by atomic mass is 9.85. The van der Waals surface area contributed by atoms with E-state index in [0.29, 0.717) is 6.04 Å². The van der Waals surface area contributed by atoms with Crippen LogP contribution in [0.2, 0.25) is 0 Å². The number of urea groups is 1. The number of pyridine rings is 1. The summed E-state index contributed by atoms with van der Waals surface area (Å²) in [6.07, 6.45) is 15.2. The molecule has 0 aromatic carbocycles. The Bertz CT molecular complexity index is 470. The van der Waals surface area contributed by atoms with E-state index in [0.717, 1.165) is 31.0 Å². The molecule has 2 amide bonds. The molecule has 2 heterocycles. The molecule has 0 radical (unpaired) electrons. The summed E-state index contributed by atoms with van der Waals surface area (Å²) in [6.45, 7) is 0.895. The molecular weight excluding hydrogens is 274 g/mol. The number of carbonyl (C=O) groups is 1. The summed E-state index contributed by atoms with van der Waals surface area (Å²) in [5.41, 5.74) is 0.831. The average molecular weight is 301 g/mol. The Morgan fingerprint density at radius 3 is 2.64 bits per heavy atom. The van der Waals surface area contributed by atoms with Crippen molar-refractivity contribution in [3.05, 3.63) is 24.5 Å². The Hall–Kier alpha value is -1.58. The van der Waals surface area contributed by atoms with Gasteiger partial charge in [0.2, 0.25) is 0 Å². The first kappa shape index (κ1) is 15.3. The summed E-state index contributed by atoms with van der Waals surface area (Å²) in [4.78, 5) is 18.5. The Labute approximate surface area is 133 Å². The van der Waals surface area contributed by atoms with Crippen molar-refractivity contribution in [2.75, 3.05) is 11.9 Å². The standard InChI is InChI=1S/C18H27N3O/c22-18(20-16-10-12-19-13-11-16)21-14-4-7-17(21)9-8-15-5-2-1-3-6-15/h10-13,15,17H,1-9,14H2,(H,19,20,22). The first-order valence-electron chi connectivity index (χ1n) is 8.80. The molecule has 120 valence electrons. The van der Waals surface area contributed by atoms with Crippen molar-refractivity contribution < 1.29 is 4.79 Å². The lowest BCUT2D eigenvalue weighted by molar-refractivity contribution is 0.198. The smallest absolute Gasteiger partial charge is 0.322 e. The summed E-state index contributed by atoms with van der Waals surface area (Å²) in [6, 6.07) is 4.16. The van der Waals surface area contributed by atoms with E-state index in [1.807, 2.05) is 17.0 Å². The van der Waals surface area contributed by atoms with Gasteiger partial charge in [-0.25, -0.2) is 4.79 Å². The maximum atomic E-state index is 12.5. The Morgan fingerprint density at radius 1 is 1.09 bits per heavy atom. The predicted molar refractivity (Wildman–Crippen MR) is 88.8 cm³/mol. The van der Waals surface area contributed by atoms with Crippen LogP contribution in [0, 0.1) is 5.92 Å². The number of nitrogens with one attached hydrogen (secondary N) is 1. The molecule has 1 aliphatic carbocycles. The van der Waals surface area contributed by atoms with E-state index in [1.54, 1.807) is 12.4 Å². The molecule has 4 heteroatoms. The van der Waals surface area contributed by atoms with Gasteiger partial charge in [-0.15, -0.1) is 0 Å². The van der Waals surface area contributed by atoms with Gasteiger partial charge in [-0.05, 0) is 43.7 Å². The van der Waals surface area contributed by atoms with E-state index in [1.165, 1.54) is 44.9 Å². The normalized spacial score (nSPS) is 22.7. The van der Waals surface area contributed by atoms with Crippen molar-refractivity contribution in [2.45, 2.75) is 63.8 Å². The van der Waals surface area contributed by atoms with Crippen LogP contribution in [0.1, 0.15) is 57.8 Å². The first-order chi connectivity index (χ1) is 10.8. The van der Waals surface area contributed by atoms with Crippen LogP contribution in [-0.2, 0) is 0 Å². The summed E-state index contributed by atoms with van der Waals surface area (Å²) >= 11 is 0. The highest BCUT2D eigenvalue weighted by atomic mass is 16.2. The van der Waals surface area contributed by atoms with Gasteiger partial charge < -0.3 is 10.2 Å². The number of carbonyl (C=O) groups excluding carboxylic acids is 1. The fourth-order valence-electron chi connectivity index (χ4n) is 3.94. The zero-order valence-electron chi connectivity index (χ0n) is 13.3. The van der Waals surface area contributed by atoms with Gasteiger partial charge in [0, 0.05) is 30.7 Å². The zero-order valence-corrected chi connectivity index (χ0v) is 13.3. The van der Waals surface area contributed by atoms with E-state index < -0.39 is 0 Å². The van der Waals surface area contributed by atoms with E-state index in [9.17, 15) is 4.79 Å². The minimum atomic E-state index is 0.0531. The number of likely N-dealkylation sites (tertiary alicyclic amines) is 1. The highest BCUT2D eigenvalue weighted by Gasteiger charge is 2.29. The monoisotopic (exact) mass is 301 g/mol. The average Bonchev–Trinajstić information content (AvgIpc) is 3.03. The second kappa shape index (κ2) is 7.61. The molecule has 1 atom stereocenters. The van der Waals surface area contributed by atoms with Crippen LogP contribution in [0.25, 0.3) is 0 Å². The molecule has 0 spiro atoms. The van der Waals surface area contributed by atoms with Crippen molar-refractivity contribution in [2.24, 2.45) is 5.92 Å². The van der Waals surface area contributed by atoms with Crippen LogP contribution in [0.5, 0.6) is 0 Å². The quantitative estimate of drug-likeness (QED) is 0.893. The number of hydrogen-bond donors (Lipinski definition) is 1. The van der Waals surface area contributed by atoms with Crippen LogP contribution in [0.3, 0.4) is 0 Å². The van der Waals surface area contributed by atoms with Crippen molar-refractivity contribution in [3.8, 4) is 0 Å². The lowest BCUT2D eigenvalue weighted by Crippen LogP contribution is -2.38. The fraction of sp³-hybridized carbons (Fsp3) is 0.667. The Morgan fingerprint density at radius 2 is 1.86 bits per heavy atom. The number of amides is 2. The van der Waals surface area contributed by atoms with Gasteiger partial charge in [-0.1, -0.05) is 32.1 Å². The number of nitrogens with zero attached hydrogens (tertiary/aromatic N) is 2. The van der Waals surface area contributed by atoms with Crippen LogP contribution in [-0.4, -0.2) is 28.5 Å². The highest BCUT2D eigenvalue weighted by Crippen LogP contribution is 2.30. The first-order valence-corrected chi connectivity index (χ1v) is 8.80. The third-order valence-corrected chi connectivity index (χ3v) is 5.20. The minimum Gasteiger partial charge on any atom is -0.322 e. The maximum Gasteiger partial charge on any atom is 0.322 e. The maximum absolute atomic E-state index is 12.5. The SMILES string of the molecule is O=C(Nc1ccncc1)N1CCCC1CCC1CCCCC1. The molecule has 1 saturated carbocycles. The van der Waals surface area contributed by atoms with Crippen molar-refractivity contribution in [1.82, 2.24) is 9.88 Å². The number of anilines is 1. The van der Waals surface area contributed by atoms with Gasteiger partial charge in [-0.3, -0.25) is 4.98 Å². The van der Waals surface area contributed by atoms with E-state index in [4.69, 9.17) is 0 Å². The van der Waals surface area contributed by atoms with E-state index >= 15 is 0 Å². The topological polar surface area (TPSA) is 45.2 Å². The Balaban J connectivity index is 1.50. The summed E-state index contributed by atoms with van der Waals surface area (Å²) < 4.78 is 0. The molecule has 2 fully saturated rings. The molecule has 3 rings (SSSR count). The van der Waals surface area contributed by atoms with E-state index in [2.05, 4.69) is 10.3 Å². The third-order valence-electron chi connectivity index (χ3n) is 5.20. The van der Waals surface area contributed by atoms with Gasteiger partial charge in [-0.2, -0.15) is 0 Å². The van der Waals surface area contributed by atoms with E-state index in [-0.39, 0.29) is 6.03 Å². The van der Waals surface area contributed by atoms with Crippen molar-refractivity contribution in [3.63, 3.8) is 0 Å². The number of aromatic nitrogens is 1. The highest BCUT2D eigenvalue weighted by molar-refractivity contribution is 5.89. The summed E-state index contributed by atoms with van der Waals surface area (Å²) in [5.74, 6) is 0.902. The molecule has 4 nitrogen and oxygen atoms in total. The van der Waals surface area contributed by atoms with Crippen LogP contribution in [0.15, 0.2) is 24.5 Å². The second-order valence-electron chi connectivity index (χ2n) is 6.74. The molecule has 22 heavy (non-hydrogen) atoms. The molecule has 1 aromatic rings. The largest absolute Gasteiger partial charge is 0.322 e. The molecule has 1 aliphatic heterocycles. The number of rotatable bonds is 4. The van der Waals surface area contributed by atoms with Crippen LogP contribution < -0.4 is 5.32 Å². The summed E-state index contributed by atoms with van der Waals surface area (Å²) in [5, 5.41) is 3.00. The summed E-state index contributed by atoms with van der Waals surface area (Å²) in [7, 11) is 0. The van der Waals surface area contributed by atoms with Crippen LogP contribution >= 0.6 is 0 Å². The minimum absolute atomic E-state index is 0.0531. The molecule has 1 N–H and O–H groups in total. The molecule has 1 aromatic heterocycles. The van der Waals surface area contributed by atoms with Crippen molar-refractivity contribution >= 4 is 11.7 Å². The van der Waals surface area contributed by atoms with Gasteiger partial charge in [0.1, 0.15) is 0 Å². The van der Waals surface area contributed by atoms with Crippen LogP contribution in [0.4, 0.5) is 10.5 Å². The molecule has 1 unspecified atom stereocenters. The molecule has 1 saturated heterocycles. The van der Waals surface area contributed by atoms with Gasteiger partial charge >= 0.3 is 6.03 Å². The predicted octanol–water partition coefficient (Wildman–Crippen LogP) is 4.44. The van der Waals surface area contributed by atoms with Gasteiger partial charge in [0.15, 0.2) is 0 Å². The number of hydrogen-bond acceptors (Lipinski definition) is 2. The second-order valence-corrected chi connectivity index (χ2v) is 6.74. The van der Waals surface area contributed by atoms with Crippen molar-refractivity contribution in [1.29, 1.82) is 0 Å². The third kappa shape index (κ3) is 3.99.